The molecule has 1 fully saturated rings. The second kappa shape index (κ2) is 13.3. The van der Waals surface area contributed by atoms with Crippen LogP contribution < -0.4 is 5.32 Å². The van der Waals surface area contributed by atoms with Gasteiger partial charge in [0.05, 0.1) is 44.4 Å². The van der Waals surface area contributed by atoms with Gasteiger partial charge in [0, 0.05) is 32.1 Å². The van der Waals surface area contributed by atoms with Gasteiger partial charge in [0.2, 0.25) is 6.23 Å². The minimum Gasteiger partial charge on any atom is -0.462 e. The number of ether oxygens (including phenoxy) is 2. The number of fused-ring (bicyclic) bond motifs is 1. The number of amides is 1. The zero-order chi connectivity index (χ0) is 26.0. The van der Waals surface area contributed by atoms with Gasteiger partial charge in [-0.05, 0) is 44.4 Å². The third-order valence-electron chi connectivity index (χ3n) is 7.09. The predicted octanol–water partition coefficient (Wildman–Crippen LogP) is 6.17. The molecule has 8 nitrogen and oxygen atoms in total. The maximum atomic E-state index is 12.8. The molecule has 1 aromatic heterocycles. The van der Waals surface area contributed by atoms with Crippen molar-refractivity contribution in [3.63, 3.8) is 0 Å². The van der Waals surface area contributed by atoms with Gasteiger partial charge in [-0.15, -0.1) is 6.58 Å². The summed E-state index contributed by atoms with van der Waals surface area (Å²) in [6.45, 7) is 11.5. The molecular weight excluding hydrogens is 454 g/mol. The lowest BCUT2D eigenvalue weighted by Crippen LogP contribution is -2.54. The zero-order valence-corrected chi connectivity index (χ0v) is 22.1. The smallest absolute Gasteiger partial charge is 0.462 e. The summed E-state index contributed by atoms with van der Waals surface area (Å²) in [5.41, 5.74) is 1.67. The number of nitrogens with zero attached hydrogens (tertiary/aromatic N) is 4. The SMILES string of the molecule is C=CCCCCCCOC(=O)[N+]1(C)CCC(n2ccc3c2NC=NC3OC(=CC)C(C=C)=NC)CC1. The van der Waals surface area contributed by atoms with E-state index in [-0.39, 0.29) is 6.09 Å². The number of likely N-dealkylation sites (tertiary alicyclic amines) is 1. The summed E-state index contributed by atoms with van der Waals surface area (Å²) in [6, 6.07) is 2.35. The highest BCUT2D eigenvalue weighted by Gasteiger charge is 2.40. The summed E-state index contributed by atoms with van der Waals surface area (Å²) in [7, 11) is 3.71. The lowest BCUT2D eigenvalue weighted by atomic mass is 10.0. The van der Waals surface area contributed by atoms with E-state index in [4.69, 9.17) is 9.47 Å². The van der Waals surface area contributed by atoms with Crippen LogP contribution in [0, 0.1) is 0 Å². The van der Waals surface area contributed by atoms with Crippen molar-refractivity contribution in [2.75, 3.05) is 39.1 Å². The first kappa shape index (κ1) is 27.5. The molecule has 1 N–H and O–H groups in total. The summed E-state index contributed by atoms with van der Waals surface area (Å²) in [4.78, 5) is 21.6. The van der Waals surface area contributed by atoms with Gasteiger partial charge in [0.15, 0.2) is 0 Å². The average molecular weight is 497 g/mol. The molecule has 1 unspecified atom stereocenters. The number of carbonyl (C=O) groups excluding carboxylic acids is 1. The van der Waals surface area contributed by atoms with Crippen LogP contribution in [0.5, 0.6) is 0 Å². The Kier molecular flexibility index (Phi) is 10.1. The number of anilines is 1. The van der Waals surface area contributed by atoms with Crippen LogP contribution in [0.3, 0.4) is 0 Å². The fourth-order valence-corrected chi connectivity index (χ4v) is 4.81. The Bertz CT molecular complexity index is 999. The van der Waals surface area contributed by atoms with Gasteiger partial charge < -0.3 is 19.4 Å². The first-order valence-corrected chi connectivity index (χ1v) is 13.0. The Balaban J connectivity index is 1.56. The first-order valence-electron chi connectivity index (χ1n) is 13.0. The van der Waals surface area contributed by atoms with E-state index in [0.29, 0.717) is 28.6 Å². The second-order valence-electron chi connectivity index (χ2n) is 9.57. The summed E-state index contributed by atoms with van der Waals surface area (Å²) < 4.78 is 14.4. The number of piperidine rings is 1. The highest BCUT2D eigenvalue weighted by Crippen LogP contribution is 2.37. The molecule has 3 heterocycles. The van der Waals surface area contributed by atoms with Gasteiger partial charge in [0.1, 0.15) is 11.6 Å². The van der Waals surface area contributed by atoms with Crippen molar-refractivity contribution in [2.45, 2.75) is 64.1 Å². The van der Waals surface area contributed by atoms with Crippen LogP contribution in [0.25, 0.3) is 0 Å². The molecule has 0 radical (unpaired) electrons. The lowest BCUT2D eigenvalue weighted by molar-refractivity contribution is -0.844. The number of aromatic nitrogens is 1. The molecule has 0 saturated carbocycles. The molecule has 1 atom stereocenters. The maximum absolute atomic E-state index is 12.8. The van der Waals surface area contributed by atoms with Gasteiger partial charge in [-0.3, -0.25) is 4.99 Å². The third-order valence-corrected chi connectivity index (χ3v) is 7.09. The monoisotopic (exact) mass is 496 g/mol. The molecule has 196 valence electrons. The number of hydrogen-bond acceptors (Lipinski definition) is 6. The summed E-state index contributed by atoms with van der Waals surface area (Å²) >= 11 is 0. The van der Waals surface area contributed by atoms with Crippen molar-refractivity contribution in [2.24, 2.45) is 9.98 Å². The van der Waals surface area contributed by atoms with Crippen molar-refractivity contribution in [3.05, 3.63) is 55.0 Å². The van der Waals surface area contributed by atoms with Crippen molar-refractivity contribution in [1.29, 1.82) is 0 Å². The van der Waals surface area contributed by atoms with Crippen LogP contribution in [0.15, 0.2) is 59.4 Å². The highest BCUT2D eigenvalue weighted by molar-refractivity contribution is 6.06. The van der Waals surface area contributed by atoms with E-state index in [2.05, 4.69) is 45.3 Å². The van der Waals surface area contributed by atoms with Crippen LogP contribution in [-0.4, -0.2) is 61.0 Å². The number of quaternary nitrogens is 1. The van der Waals surface area contributed by atoms with Crippen LogP contribution in [0.2, 0.25) is 0 Å². The number of nitrogens with one attached hydrogen (secondary N) is 1. The lowest BCUT2D eigenvalue weighted by Gasteiger charge is -2.37. The number of allylic oxidation sites excluding steroid dienone is 3. The van der Waals surface area contributed by atoms with Crippen molar-refractivity contribution >= 4 is 24.0 Å². The van der Waals surface area contributed by atoms with E-state index < -0.39 is 6.23 Å². The highest BCUT2D eigenvalue weighted by atomic mass is 16.6. The topological polar surface area (TPSA) is 77.2 Å². The molecule has 3 rings (SSSR count). The second-order valence-corrected chi connectivity index (χ2v) is 9.57. The molecule has 0 spiro atoms. The van der Waals surface area contributed by atoms with Crippen molar-refractivity contribution < 1.29 is 18.8 Å². The Labute approximate surface area is 215 Å². The van der Waals surface area contributed by atoms with E-state index in [1.165, 1.54) is 0 Å². The largest absolute Gasteiger partial charge is 0.515 e. The molecule has 1 saturated heterocycles. The van der Waals surface area contributed by atoms with Crippen molar-refractivity contribution in [3.8, 4) is 0 Å². The van der Waals surface area contributed by atoms with Gasteiger partial charge in [-0.2, -0.15) is 4.79 Å². The average Bonchev–Trinajstić information content (AvgIpc) is 3.33. The summed E-state index contributed by atoms with van der Waals surface area (Å²) in [5, 5.41) is 3.30. The molecule has 0 aromatic carbocycles. The van der Waals surface area contributed by atoms with Crippen LogP contribution >= 0.6 is 0 Å². The van der Waals surface area contributed by atoms with E-state index in [1.54, 1.807) is 19.5 Å². The van der Waals surface area contributed by atoms with E-state index in [0.717, 1.165) is 69.4 Å². The van der Waals surface area contributed by atoms with Crippen LogP contribution in [-0.2, 0) is 9.47 Å². The van der Waals surface area contributed by atoms with Gasteiger partial charge in [-0.1, -0.05) is 25.5 Å². The Morgan fingerprint density at radius 2 is 2.03 bits per heavy atom. The Hall–Kier alpha value is -3.13. The van der Waals surface area contributed by atoms with Crippen LogP contribution in [0.1, 0.15) is 69.7 Å². The molecule has 1 amide bonds. The number of unbranched alkanes of at least 4 members (excludes halogenated alkanes) is 4. The predicted molar refractivity (Wildman–Crippen MR) is 147 cm³/mol. The van der Waals surface area contributed by atoms with E-state index in [1.807, 2.05) is 26.1 Å². The standard InChI is InChI=1S/C28H42N5O3/c1-6-9-10-11-12-13-20-35-28(34)33(5)18-15-22(16-19-33)32-17-14-23-26(32)30-21-31-27(23)36-25(8-3)24(7-2)29-4/h6-8,14,17,21-22,27H,1-2,9-13,15-16,18-20H2,3-5H3,(H,30,31)/q+1. The molecule has 0 aliphatic carbocycles. The quantitative estimate of drug-likeness (QED) is 0.123. The molecule has 2 aliphatic heterocycles. The van der Waals surface area contributed by atoms with Gasteiger partial charge in [-0.25, -0.2) is 9.48 Å². The number of hydrogen-bond donors (Lipinski definition) is 1. The molecule has 2 aliphatic rings. The van der Waals surface area contributed by atoms with Gasteiger partial charge >= 0.3 is 6.09 Å². The summed E-state index contributed by atoms with van der Waals surface area (Å²) in [5.74, 6) is 1.63. The Morgan fingerprint density at radius 1 is 1.28 bits per heavy atom. The number of carbonyl (C=O) groups is 1. The van der Waals surface area contributed by atoms with Crippen molar-refractivity contribution in [1.82, 2.24) is 4.57 Å². The first-order chi connectivity index (χ1) is 17.5. The van der Waals surface area contributed by atoms with Crippen LogP contribution in [0.4, 0.5) is 10.6 Å². The summed E-state index contributed by atoms with van der Waals surface area (Å²) in [6.07, 6.45) is 15.9. The third kappa shape index (κ3) is 6.55. The minimum absolute atomic E-state index is 0.109. The number of rotatable bonds is 12. The zero-order valence-electron chi connectivity index (χ0n) is 22.1. The molecule has 1 aromatic rings. The molecule has 8 heteroatoms. The normalized spacial score (nSPS) is 24.0. The molecule has 36 heavy (non-hydrogen) atoms. The molecule has 0 bridgehead atoms. The van der Waals surface area contributed by atoms with Gasteiger partial charge in [0.25, 0.3) is 0 Å². The fraction of sp³-hybridized carbons (Fsp3) is 0.536. The fourth-order valence-electron chi connectivity index (χ4n) is 4.81. The Morgan fingerprint density at radius 3 is 2.69 bits per heavy atom. The minimum atomic E-state index is -0.457. The van der Waals surface area contributed by atoms with E-state index >= 15 is 0 Å². The maximum Gasteiger partial charge on any atom is 0.515 e. The van der Waals surface area contributed by atoms with E-state index in [9.17, 15) is 4.79 Å². The number of aliphatic imine (C=N–C) groups is 2. The molecular formula is C28H42N5O3+.